The molecule has 0 aliphatic rings. The Morgan fingerprint density at radius 3 is 2.88 bits per heavy atom. The second-order valence-corrected chi connectivity index (χ2v) is 4.36. The van der Waals surface area contributed by atoms with Crippen molar-refractivity contribution in [1.82, 2.24) is 9.55 Å². The molecule has 0 radical (unpaired) electrons. The first-order valence-electron chi connectivity index (χ1n) is 5.70. The highest BCUT2D eigenvalue weighted by Crippen LogP contribution is 2.23. The molecule has 0 aliphatic carbocycles. The van der Waals surface area contributed by atoms with Gasteiger partial charge in [-0.2, -0.15) is 0 Å². The topological polar surface area (TPSA) is 29.9 Å². The Morgan fingerprint density at radius 2 is 2.24 bits per heavy atom. The Bertz CT molecular complexity index is 485. The fourth-order valence-corrected chi connectivity index (χ4v) is 1.99. The van der Waals surface area contributed by atoms with Crippen molar-refractivity contribution in [3.05, 3.63) is 47.0 Å². The van der Waals surface area contributed by atoms with Crippen LogP contribution in [0.3, 0.4) is 0 Å². The minimum Gasteiger partial charge on any atom is -0.378 e. The van der Waals surface area contributed by atoms with Crippen LogP contribution >= 0.6 is 11.6 Å². The van der Waals surface area contributed by atoms with Crippen molar-refractivity contribution in [2.24, 2.45) is 0 Å². The number of nitrogens with zero attached hydrogens (tertiary/aromatic N) is 2. The highest BCUT2D eigenvalue weighted by molar-refractivity contribution is 6.32. The lowest BCUT2D eigenvalue weighted by Gasteiger charge is -2.09. The highest BCUT2D eigenvalue weighted by atomic mass is 35.5. The molecule has 0 saturated carbocycles. The Kier molecular flexibility index (Phi) is 3.69. The number of hydrogen-bond donors (Lipinski definition) is 1. The summed E-state index contributed by atoms with van der Waals surface area (Å²) in [6.07, 6.45) is 5.93. The van der Waals surface area contributed by atoms with Gasteiger partial charge in [0.1, 0.15) is 0 Å². The van der Waals surface area contributed by atoms with Crippen LogP contribution < -0.4 is 5.32 Å². The summed E-state index contributed by atoms with van der Waals surface area (Å²) >= 11 is 6.05. The van der Waals surface area contributed by atoms with Crippen molar-refractivity contribution in [2.75, 3.05) is 5.32 Å². The van der Waals surface area contributed by atoms with Gasteiger partial charge < -0.3 is 9.88 Å². The predicted molar refractivity (Wildman–Crippen MR) is 71.4 cm³/mol. The summed E-state index contributed by atoms with van der Waals surface area (Å²) in [5.74, 6) is 0. The molecule has 1 N–H and O–H groups in total. The molecule has 90 valence electrons. The van der Waals surface area contributed by atoms with Gasteiger partial charge in [0.05, 0.1) is 5.69 Å². The van der Waals surface area contributed by atoms with Crippen molar-refractivity contribution in [2.45, 2.75) is 26.9 Å². The zero-order valence-corrected chi connectivity index (χ0v) is 10.8. The van der Waals surface area contributed by atoms with E-state index in [2.05, 4.69) is 40.3 Å². The van der Waals surface area contributed by atoms with Crippen LogP contribution in [0, 0.1) is 6.92 Å². The van der Waals surface area contributed by atoms with Gasteiger partial charge in [0.2, 0.25) is 0 Å². The molecular formula is C13H16ClN3. The smallest absolute Gasteiger partial charge is 0.152 e. The number of aryl methyl sites for hydroxylation is 2. The number of hydrogen-bond acceptors (Lipinski definition) is 2. The van der Waals surface area contributed by atoms with Gasteiger partial charge in [0.25, 0.3) is 0 Å². The molecule has 0 bridgehead atoms. The Morgan fingerprint density at radius 1 is 1.41 bits per heavy atom. The first kappa shape index (κ1) is 12.0. The SMILES string of the molecule is CCn1ccc(CNc2c(C)ccnc2Cl)c1. The lowest BCUT2D eigenvalue weighted by molar-refractivity contribution is 0.766. The van der Waals surface area contributed by atoms with Crippen molar-refractivity contribution in [3.8, 4) is 0 Å². The quantitative estimate of drug-likeness (QED) is 0.841. The number of rotatable bonds is 4. The maximum Gasteiger partial charge on any atom is 0.152 e. The van der Waals surface area contributed by atoms with Gasteiger partial charge in [-0.25, -0.2) is 4.98 Å². The fourth-order valence-electron chi connectivity index (χ4n) is 1.72. The summed E-state index contributed by atoms with van der Waals surface area (Å²) in [6.45, 7) is 5.90. The average molecular weight is 250 g/mol. The molecule has 4 heteroatoms. The molecule has 2 aromatic rings. The van der Waals surface area contributed by atoms with Crippen LogP contribution in [0.2, 0.25) is 5.15 Å². The summed E-state index contributed by atoms with van der Waals surface area (Å²) in [5.41, 5.74) is 3.27. The zero-order valence-electron chi connectivity index (χ0n) is 10.1. The van der Waals surface area contributed by atoms with Crippen molar-refractivity contribution in [3.63, 3.8) is 0 Å². The minimum absolute atomic E-state index is 0.528. The largest absolute Gasteiger partial charge is 0.378 e. The molecule has 0 fully saturated rings. The minimum atomic E-state index is 0.528. The van der Waals surface area contributed by atoms with Gasteiger partial charge in [-0.15, -0.1) is 0 Å². The Hall–Kier alpha value is -1.48. The summed E-state index contributed by atoms with van der Waals surface area (Å²) in [5, 5.41) is 3.85. The van der Waals surface area contributed by atoms with Crippen molar-refractivity contribution >= 4 is 17.3 Å². The van der Waals surface area contributed by atoms with Gasteiger partial charge in [0, 0.05) is 31.7 Å². The predicted octanol–water partition coefficient (Wildman–Crippen LogP) is 3.48. The number of halogens is 1. The van der Waals surface area contributed by atoms with Crippen LogP contribution in [-0.2, 0) is 13.1 Å². The van der Waals surface area contributed by atoms with Crippen LogP contribution in [0.15, 0.2) is 30.7 Å². The molecule has 0 aromatic carbocycles. The lowest BCUT2D eigenvalue weighted by atomic mass is 10.2. The number of anilines is 1. The summed E-state index contributed by atoms with van der Waals surface area (Å²) < 4.78 is 2.15. The zero-order chi connectivity index (χ0) is 12.3. The van der Waals surface area contributed by atoms with E-state index in [1.165, 1.54) is 5.56 Å². The van der Waals surface area contributed by atoms with E-state index >= 15 is 0 Å². The molecule has 0 amide bonds. The third kappa shape index (κ3) is 2.80. The summed E-state index contributed by atoms with van der Waals surface area (Å²) in [6, 6.07) is 4.06. The van der Waals surface area contributed by atoms with Crippen LogP contribution in [0.5, 0.6) is 0 Å². The molecule has 17 heavy (non-hydrogen) atoms. The summed E-state index contributed by atoms with van der Waals surface area (Å²) in [7, 11) is 0. The molecule has 2 rings (SSSR count). The van der Waals surface area contributed by atoms with Gasteiger partial charge in [-0.3, -0.25) is 0 Å². The maximum absolute atomic E-state index is 6.05. The third-order valence-corrected chi connectivity index (χ3v) is 3.05. The average Bonchev–Trinajstić information content (AvgIpc) is 2.76. The van der Waals surface area contributed by atoms with E-state index in [1.807, 2.05) is 13.0 Å². The lowest BCUT2D eigenvalue weighted by Crippen LogP contribution is -2.02. The second kappa shape index (κ2) is 5.23. The van der Waals surface area contributed by atoms with Gasteiger partial charge >= 0.3 is 0 Å². The second-order valence-electron chi connectivity index (χ2n) is 4.00. The molecule has 0 unspecified atom stereocenters. The Balaban J connectivity index is 2.07. The molecule has 2 heterocycles. The molecule has 2 aromatic heterocycles. The van der Waals surface area contributed by atoms with Crippen LogP contribution in [0.4, 0.5) is 5.69 Å². The van der Waals surface area contributed by atoms with Gasteiger partial charge in [0.15, 0.2) is 5.15 Å². The number of nitrogens with one attached hydrogen (secondary N) is 1. The highest BCUT2D eigenvalue weighted by Gasteiger charge is 2.04. The van der Waals surface area contributed by atoms with E-state index in [1.54, 1.807) is 6.20 Å². The molecule has 0 saturated heterocycles. The fraction of sp³-hybridized carbons (Fsp3) is 0.308. The van der Waals surface area contributed by atoms with Crippen LogP contribution in [0.1, 0.15) is 18.1 Å². The van der Waals surface area contributed by atoms with Gasteiger partial charge in [-0.1, -0.05) is 11.6 Å². The van der Waals surface area contributed by atoms with E-state index in [0.717, 1.165) is 24.3 Å². The first-order valence-corrected chi connectivity index (χ1v) is 6.08. The van der Waals surface area contributed by atoms with Crippen molar-refractivity contribution < 1.29 is 0 Å². The van der Waals surface area contributed by atoms with E-state index in [4.69, 9.17) is 11.6 Å². The normalized spacial score (nSPS) is 10.5. The standard InChI is InChI=1S/C13H16ClN3/c1-3-17-7-5-11(9-17)8-16-12-10(2)4-6-15-13(12)14/h4-7,9,16H,3,8H2,1-2H3. The third-order valence-electron chi connectivity index (χ3n) is 2.76. The van der Waals surface area contributed by atoms with E-state index < -0.39 is 0 Å². The van der Waals surface area contributed by atoms with Crippen LogP contribution in [0.25, 0.3) is 0 Å². The van der Waals surface area contributed by atoms with Gasteiger partial charge in [-0.05, 0) is 37.1 Å². The number of pyridine rings is 1. The van der Waals surface area contributed by atoms with E-state index in [-0.39, 0.29) is 0 Å². The van der Waals surface area contributed by atoms with Crippen LogP contribution in [-0.4, -0.2) is 9.55 Å². The maximum atomic E-state index is 6.05. The van der Waals surface area contributed by atoms with E-state index in [9.17, 15) is 0 Å². The monoisotopic (exact) mass is 249 g/mol. The molecular weight excluding hydrogens is 234 g/mol. The molecule has 3 nitrogen and oxygen atoms in total. The van der Waals surface area contributed by atoms with E-state index in [0.29, 0.717) is 5.15 Å². The molecule has 0 aliphatic heterocycles. The number of aromatic nitrogens is 2. The molecule has 0 spiro atoms. The Labute approximate surface area is 106 Å². The molecule has 0 atom stereocenters. The first-order chi connectivity index (χ1) is 8.20. The summed E-state index contributed by atoms with van der Waals surface area (Å²) in [4.78, 5) is 4.07. The van der Waals surface area contributed by atoms with Crippen molar-refractivity contribution in [1.29, 1.82) is 0 Å².